The van der Waals surface area contributed by atoms with Gasteiger partial charge in [-0.25, -0.2) is 0 Å². The van der Waals surface area contributed by atoms with Crippen LogP contribution in [0.3, 0.4) is 0 Å². The van der Waals surface area contributed by atoms with Gasteiger partial charge < -0.3 is 10.6 Å². The molecule has 1 aromatic carbocycles. The van der Waals surface area contributed by atoms with Gasteiger partial charge in [-0.2, -0.15) is 0 Å². The van der Waals surface area contributed by atoms with E-state index in [4.69, 9.17) is 5.73 Å². The Morgan fingerprint density at radius 1 is 1.22 bits per heavy atom. The molecule has 2 heteroatoms. The van der Waals surface area contributed by atoms with Gasteiger partial charge in [0.2, 0.25) is 0 Å². The van der Waals surface area contributed by atoms with Crippen LogP contribution < -0.4 is 10.6 Å². The van der Waals surface area contributed by atoms with E-state index in [2.05, 4.69) is 49.9 Å². The number of hydrogen-bond acceptors (Lipinski definition) is 2. The smallest absolute Gasteiger partial charge is 0.0366 e. The molecule has 100 valence electrons. The van der Waals surface area contributed by atoms with Crippen LogP contribution in [0.2, 0.25) is 0 Å². The molecule has 2 unspecified atom stereocenters. The van der Waals surface area contributed by atoms with Crippen LogP contribution in [-0.4, -0.2) is 13.1 Å². The van der Waals surface area contributed by atoms with Crippen LogP contribution in [0.15, 0.2) is 24.3 Å². The summed E-state index contributed by atoms with van der Waals surface area (Å²) in [5, 5.41) is 0. The number of benzene rings is 1. The van der Waals surface area contributed by atoms with Crippen molar-refractivity contribution >= 4 is 5.69 Å². The standard InChI is InChI=1S/C16H26N2/c1-4-16(17)14-5-7-15(8-6-14)18-10-9-12(2)13(3)11-18/h5-8,12-13,16H,4,9-11,17H2,1-3H3/t12?,13?,16-/m0/s1. The van der Waals surface area contributed by atoms with Gasteiger partial charge in [0.05, 0.1) is 0 Å². The fraction of sp³-hybridized carbons (Fsp3) is 0.625. The SMILES string of the molecule is CC[C@H](N)c1ccc(N2CCC(C)C(C)C2)cc1. The highest BCUT2D eigenvalue weighted by Gasteiger charge is 2.22. The summed E-state index contributed by atoms with van der Waals surface area (Å²) in [4.78, 5) is 2.51. The molecule has 1 fully saturated rings. The first kappa shape index (κ1) is 13.4. The van der Waals surface area contributed by atoms with Crippen LogP contribution in [0, 0.1) is 11.8 Å². The van der Waals surface area contributed by atoms with Crippen molar-refractivity contribution in [2.75, 3.05) is 18.0 Å². The number of piperidine rings is 1. The third kappa shape index (κ3) is 2.86. The molecule has 0 spiro atoms. The predicted molar refractivity (Wildman–Crippen MR) is 78.8 cm³/mol. The van der Waals surface area contributed by atoms with Gasteiger partial charge in [0.15, 0.2) is 0 Å². The Morgan fingerprint density at radius 3 is 2.44 bits per heavy atom. The van der Waals surface area contributed by atoms with Gasteiger partial charge in [-0.1, -0.05) is 32.9 Å². The summed E-state index contributed by atoms with van der Waals surface area (Å²) in [7, 11) is 0. The molecular weight excluding hydrogens is 220 g/mol. The van der Waals surface area contributed by atoms with Crippen molar-refractivity contribution in [1.29, 1.82) is 0 Å². The normalized spacial score (nSPS) is 26.1. The molecule has 0 aliphatic carbocycles. The van der Waals surface area contributed by atoms with Crippen LogP contribution >= 0.6 is 0 Å². The van der Waals surface area contributed by atoms with Gasteiger partial charge >= 0.3 is 0 Å². The van der Waals surface area contributed by atoms with Crippen molar-refractivity contribution < 1.29 is 0 Å². The van der Waals surface area contributed by atoms with Crippen molar-refractivity contribution in [3.63, 3.8) is 0 Å². The Morgan fingerprint density at radius 2 is 1.89 bits per heavy atom. The molecule has 2 nitrogen and oxygen atoms in total. The summed E-state index contributed by atoms with van der Waals surface area (Å²) in [6.07, 6.45) is 2.30. The summed E-state index contributed by atoms with van der Waals surface area (Å²) in [6, 6.07) is 9.01. The summed E-state index contributed by atoms with van der Waals surface area (Å²) in [6.45, 7) is 9.22. The first-order valence-electron chi connectivity index (χ1n) is 7.22. The maximum absolute atomic E-state index is 6.05. The number of anilines is 1. The highest BCUT2D eigenvalue weighted by molar-refractivity contribution is 5.48. The third-order valence-electron chi connectivity index (χ3n) is 4.46. The van der Waals surface area contributed by atoms with Gasteiger partial charge in [0.25, 0.3) is 0 Å². The fourth-order valence-corrected chi connectivity index (χ4v) is 2.67. The molecule has 1 saturated heterocycles. The van der Waals surface area contributed by atoms with Crippen LogP contribution in [0.4, 0.5) is 5.69 Å². The predicted octanol–water partition coefficient (Wildman–Crippen LogP) is 3.58. The largest absolute Gasteiger partial charge is 0.371 e. The minimum absolute atomic E-state index is 0.180. The zero-order valence-corrected chi connectivity index (χ0v) is 11.9. The van der Waals surface area contributed by atoms with E-state index in [1.807, 2.05) is 0 Å². The maximum atomic E-state index is 6.05. The molecule has 3 atom stereocenters. The highest BCUT2D eigenvalue weighted by Crippen LogP contribution is 2.27. The van der Waals surface area contributed by atoms with E-state index in [0.29, 0.717) is 0 Å². The van der Waals surface area contributed by atoms with E-state index in [1.54, 1.807) is 0 Å². The van der Waals surface area contributed by atoms with E-state index in [-0.39, 0.29) is 6.04 Å². The number of nitrogens with zero attached hydrogens (tertiary/aromatic N) is 1. The second-order valence-corrected chi connectivity index (χ2v) is 5.80. The molecule has 1 aliphatic rings. The first-order valence-corrected chi connectivity index (χ1v) is 7.22. The Bertz CT molecular complexity index is 371. The van der Waals surface area contributed by atoms with Crippen LogP contribution in [0.5, 0.6) is 0 Å². The van der Waals surface area contributed by atoms with Crippen molar-refractivity contribution in [2.45, 2.75) is 39.7 Å². The monoisotopic (exact) mass is 246 g/mol. The first-order chi connectivity index (χ1) is 8.61. The minimum Gasteiger partial charge on any atom is -0.371 e. The quantitative estimate of drug-likeness (QED) is 0.883. The maximum Gasteiger partial charge on any atom is 0.0366 e. The van der Waals surface area contributed by atoms with Crippen molar-refractivity contribution in [2.24, 2.45) is 17.6 Å². The Labute approximate surface area is 111 Å². The zero-order chi connectivity index (χ0) is 13.1. The molecule has 0 amide bonds. The van der Waals surface area contributed by atoms with Gasteiger partial charge in [-0.3, -0.25) is 0 Å². The summed E-state index contributed by atoms with van der Waals surface area (Å²) >= 11 is 0. The van der Waals surface area contributed by atoms with Crippen LogP contribution in [0.1, 0.15) is 45.2 Å². The number of hydrogen-bond donors (Lipinski definition) is 1. The number of rotatable bonds is 3. The molecule has 0 saturated carbocycles. The molecular formula is C16H26N2. The highest BCUT2D eigenvalue weighted by atomic mass is 15.1. The van der Waals surface area contributed by atoms with E-state index in [9.17, 15) is 0 Å². The van der Waals surface area contributed by atoms with Crippen molar-refractivity contribution in [3.8, 4) is 0 Å². The Balaban J connectivity index is 2.06. The molecule has 2 N–H and O–H groups in total. The average Bonchev–Trinajstić information content (AvgIpc) is 2.41. The van der Waals surface area contributed by atoms with Crippen molar-refractivity contribution in [1.82, 2.24) is 0 Å². The lowest BCUT2D eigenvalue weighted by atomic mass is 9.88. The molecule has 1 aliphatic heterocycles. The lowest BCUT2D eigenvalue weighted by Gasteiger charge is -2.37. The van der Waals surface area contributed by atoms with Gasteiger partial charge in [0, 0.05) is 24.8 Å². The molecule has 0 bridgehead atoms. The van der Waals surface area contributed by atoms with Gasteiger partial charge in [0.1, 0.15) is 0 Å². The molecule has 0 radical (unpaired) electrons. The van der Waals surface area contributed by atoms with E-state index in [0.717, 1.165) is 18.3 Å². The lowest BCUT2D eigenvalue weighted by molar-refractivity contribution is 0.324. The molecule has 1 aromatic rings. The van der Waals surface area contributed by atoms with Crippen LogP contribution in [0.25, 0.3) is 0 Å². The number of nitrogens with two attached hydrogens (primary N) is 1. The Kier molecular flexibility index (Phi) is 4.28. The van der Waals surface area contributed by atoms with Gasteiger partial charge in [-0.05, 0) is 42.4 Å². The lowest BCUT2D eigenvalue weighted by Crippen LogP contribution is -2.38. The average molecular weight is 246 g/mol. The molecule has 2 rings (SSSR count). The summed E-state index contributed by atoms with van der Waals surface area (Å²) < 4.78 is 0. The topological polar surface area (TPSA) is 29.3 Å². The van der Waals surface area contributed by atoms with E-state index in [1.165, 1.54) is 30.8 Å². The van der Waals surface area contributed by atoms with Gasteiger partial charge in [-0.15, -0.1) is 0 Å². The third-order valence-corrected chi connectivity index (χ3v) is 4.46. The second-order valence-electron chi connectivity index (χ2n) is 5.80. The summed E-state index contributed by atoms with van der Waals surface area (Å²) in [5.74, 6) is 1.64. The molecule has 0 aromatic heterocycles. The van der Waals surface area contributed by atoms with E-state index < -0.39 is 0 Å². The fourth-order valence-electron chi connectivity index (χ4n) is 2.67. The summed E-state index contributed by atoms with van der Waals surface area (Å²) in [5.41, 5.74) is 8.65. The zero-order valence-electron chi connectivity index (χ0n) is 11.9. The van der Waals surface area contributed by atoms with E-state index >= 15 is 0 Å². The Hall–Kier alpha value is -1.02. The van der Waals surface area contributed by atoms with Crippen LogP contribution in [-0.2, 0) is 0 Å². The van der Waals surface area contributed by atoms with Crippen molar-refractivity contribution in [3.05, 3.63) is 29.8 Å². The molecule has 18 heavy (non-hydrogen) atoms. The minimum atomic E-state index is 0.180. The molecule has 1 heterocycles. The second kappa shape index (κ2) is 5.75.